The van der Waals surface area contributed by atoms with Gasteiger partial charge in [0.05, 0.1) is 5.69 Å². The van der Waals surface area contributed by atoms with Crippen molar-refractivity contribution in [3.05, 3.63) is 58.1 Å². The van der Waals surface area contributed by atoms with Crippen LogP contribution in [0.15, 0.2) is 51.8 Å². The fourth-order valence-corrected chi connectivity index (χ4v) is 2.72. The van der Waals surface area contributed by atoms with Gasteiger partial charge in [0.1, 0.15) is 4.99 Å². The van der Waals surface area contributed by atoms with E-state index in [0.717, 1.165) is 14.9 Å². The van der Waals surface area contributed by atoms with Crippen LogP contribution in [0.5, 0.6) is 0 Å². The van der Waals surface area contributed by atoms with Crippen LogP contribution < -0.4 is 11.1 Å². The molecule has 0 aliphatic rings. The third-order valence-corrected chi connectivity index (χ3v) is 4.49. The molecule has 0 atom stereocenters. The van der Waals surface area contributed by atoms with E-state index in [4.69, 9.17) is 18.0 Å². The number of halogens is 1. The van der Waals surface area contributed by atoms with Crippen molar-refractivity contribution in [1.29, 1.82) is 0 Å². The number of anilines is 1. The lowest BCUT2D eigenvalue weighted by Gasteiger charge is -2.09. The van der Waals surface area contributed by atoms with Gasteiger partial charge in [0.15, 0.2) is 0 Å². The van der Waals surface area contributed by atoms with E-state index in [1.807, 2.05) is 18.4 Å². The Morgan fingerprint density at radius 1 is 1.19 bits per heavy atom. The van der Waals surface area contributed by atoms with Crippen molar-refractivity contribution < 1.29 is 4.79 Å². The molecule has 2 aromatic rings. The van der Waals surface area contributed by atoms with Gasteiger partial charge < -0.3 is 11.1 Å². The van der Waals surface area contributed by atoms with Crippen LogP contribution in [-0.2, 0) is 0 Å². The number of thiocarbonyl (C=S) groups is 1. The smallest absolute Gasteiger partial charge is 0.255 e. The molecule has 0 saturated heterocycles. The molecule has 0 unspecified atom stereocenters. The maximum absolute atomic E-state index is 12.2. The second-order valence-electron chi connectivity index (χ2n) is 4.24. The fraction of sp³-hybridized carbons (Fsp3) is 0.0667. The third-order valence-electron chi connectivity index (χ3n) is 2.85. The first-order valence-electron chi connectivity index (χ1n) is 6.06. The highest BCUT2D eigenvalue weighted by Gasteiger charge is 2.09. The van der Waals surface area contributed by atoms with Crippen molar-refractivity contribution in [2.45, 2.75) is 4.90 Å². The molecule has 3 N–H and O–H groups in total. The summed E-state index contributed by atoms with van der Waals surface area (Å²) in [5.74, 6) is -0.161. The monoisotopic (exact) mass is 380 g/mol. The first-order valence-corrected chi connectivity index (χ1v) is 8.48. The van der Waals surface area contributed by atoms with Gasteiger partial charge in [-0.3, -0.25) is 4.79 Å². The summed E-state index contributed by atoms with van der Waals surface area (Å²) in [6.07, 6.45) is 2.00. The zero-order chi connectivity index (χ0) is 15.4. The number of carbonyl (C=O) groups is 1. The molecule has 0 saturated carbocycles. The van der Waals surface area contributed by atoms with Crippen LogP contribution in [0, 0.1) is 0 Å². The van der Waals surface area contributed by atoms with E-state index in [1.54, 1.807) is 42.1 Å². The van der Waals surface area contributed by atoms with Crippen molar-refractivity contribution in [2.75, 3.05) is 11.6 Å². The summed E-state index contributed by atoms with van der Waals surface area (Å²) >= 11 is 9.96. The highest BCUT2D eigenvalue weighted by atomic mass is 79.9. The van der Waals surface area contributed by atoms with Gasteiger partial charge in [0.25, 0.3) is 5.91 Å². The molecule has 2 aromatic carbocycles. The van der Waals surface area contributed by atoms with E-state index >= 15 is 0 Å². The number of nitrogens with one attached hydrogen (secondary N) is 1. The summed E-state index contributed by atoms with van der Waals surface area (Å²) < 4.78 is 0.738. The van der Waals surface area contributed by atoms with Crippen LogP contribution >= 0.6 is 39.9 Å². The van der Waals surface area contributed by atoms with Gasteiger partial charge in [-0.1, -0.05) is 12.2 Å². The van der Waals surface area contributed by atoms with Crippen molar-refractivity contribution >= 4 is 56.5 Å². The van der Waals surface area contributed by atoms with Gasteiger partial charge in [-0.05, 0) is 64.7 Å². The summed E-state index contributed by atoms with van der Waals surface area (Å²) in [6, 6.07) is 12.8. The molecule has 0 bridgehead atoms. The summed E-state index contributed by atoms with van der Waals surface area (Å²) in [5, 5.41) is 2.85. The van der Waals surface area contributed by atoms with Crippen LogP contribution in [-0.4, -0.2) is 17.2 Å². The Morgan fingerprint density at radius 3 is 2.33 bits per heavy atom. The minimum absolute atomic E-state index is 0.161. The Labute approximate surface area is 141 Å². The van der Waals surface area contributed by atoms with E-state index in [1.165, 1.54) is 0 Å². The normalized spacial score (nSPS) is 10.2. The topological polar surface area (TPSA) is 55.1 Å². The highest BCUT2D eigenvalue weighted by molar-refractivity contribution is 9.10. The van der Waals surface area contributed by atoms with Crippen LogP contribution in [0.25, 0.3) is 0 Å². The maximum atomic E-state index is 12.2. The second kappa shape index (κ2) is 7.06. The average Bonchev–Trinajstić information content (AvgIpc) is 2.49. The minimum atomic E-state index is -0.161. The van der Waals surface area contributed by atoms with Gasteiger partial charge in [0.2, 0.25) is 0 Å². The first kappa shape index (κ1) is 16.0. The molecule has 108 valence electrons. The Hall–Kier alpha value is -1.37. The van der Waals surface area contributed by atoms with Crippen molar-refractivity contribution in [3.63, 3.8) is 0 Å². The van der Waals surface area contributed by atoms with Crippen LogP contribution in [0.4, 0.5) is 5.69 Å². The van der Waals surface area contributed by atoms with Gasteiger partial charge >= 0.3 is 0 Å². The largest absolute Gasteiger partial charge is 0.389 e. The Kier molecular flexibility index (Phi) is 5.39. The van der Waals surface area contributed by atoms with Crippen molar-refractivity contribution in [1.82, 2.24) is 0 Å². The standard InChI is InChI=1S/C15H13BrN2OS2/c1-21-11-5-2-9(3-6-11)15(19)18-13-7-4-10(14(17)20)8-12(13)16/h2-8H,1H3,(H2,17,20)(H,18,19). The van der Waals surface area contributed by atoms with Gasteiger partial charge in [0, 0.05) is 20.5 Å². The van der Waals surface area contributed by atoms with Crippen LogP contribution in [0.2, 0.25) is 0 Å². The number of hydrogen-bond donors (Lipinski definition) is 2. The maximum Gasteiger partial charge on any atom is 0.255 e. The molecule has 0 spiro atoms. The molecule has 0 radical (unpaired) electrons. The van der Waals surface area contributed by atoms with E-state index in [9.17, 15) is 4.79 Å². The lowest BCUT2D eigenvalue weighted by molar-refractivity contribution is 0.102. The molecular formula is C15H13BrN2OS2. The quantitative estimate of drug-likeness (QED) is 0.620. The van der Waals surface area contributed by atoms with Gasteiger partial charge in [-0.25, -0.2) is 0 Å². The Morgan fingerprint density at radius 2 is 1.81 bits per heavy atom. The number of rotatable bonds is 4. The number of carbonyl (C=O) groups excluding carboxylic acids is 1. The van der Waals surface area contributed by atoms with Crippen LogP contribution in [0.3, 0.4) is 0 Å². The van der Waals surface area contributed by atoms with Crippen molar-refractivity contribution in [3.8, 4) is 0 Å². The summed E-state index contributed by atoms with van der Waals surface area (Å²) in [7, 11) is 0. The summed E-state index contributed by atoms with van der Waals surface area (Å²) in [5.41, 5.74) is 7.61. The number of amides is 1. The van der Waals surface area contributed by atoms with Crippen molar-refractivity contribution in [2.24, 2.45) is 5.73 Å². The molecule has 0 aliphatic heterocycles. The molecular weight excluding hydrogens is 368 g/mol. The lowest BCUT2D eigenvalue weighted by atomic mass is 10.2. The molecule has 0 heterocycles. The third kappa shape index (κ3) is 4.06. The molecule has 3 nitrogen and oxygen atoms in total. The summed E-state index contributed by atoms with van der Waals surface area (Å²) in [4.78, 5) is 13.6. The number of hydrogen-bond acceptors (Lipinski definition) is 3. The van der Waals surface area contributed by atoms with E-state index in [2.05, 4.69) is 21.2 Å². The average molecular weight is 381 g/mol. The highest BCUT2D eigenvalue weighted by Crippen LogP contribution is 2.24. The van der Waals surface area contributed by atoms with Crippen LogP contribution in [0.1, 0.15) is 15.9 Å². The van der Waals surface area contributed by atoms with Gasteiger partial charge in [-0.15, -0.1) is 11.8 Å². The number of nitrogens with two attached hydrogens (primary N) is 1. The molecule has 6 heteroatoms. The number of thioether (sulfide) groups is 1. The molecule has 0 fully saturated rings. The van der Waals surface area contributed by atoms with E-state index in [0.29, 0.717) is 16.2 Å². The predicted molar refractivity (Wildman–Crippen MR) is 96.2 cm³/mol. The molecule has 0 aliphatic carbocycles. The van der Waals surface area contributed by atoms with E-state index < -0.39 is 0 Å². The zero-order valence-corrected chi connectivity index (χ0v) is 14.4. The molecule has 0 aromatic heterocycles. The molecule has 1 amide bonds. The second-order valence-corrected chi connectivity index (χ2v) is 6.42. The Bertz CT molecular complexity index is 687. The zero-order valence-electron chi connectivity index (χ0n) is 11.2. The molecule has 2 rings (SSSR count). The molecule has 21 heavy (non-hydrogen) atoms. The fourth-order valence-electron chi connectivity index (χ4n) is 1.71. The SMILES string of the molecule is CSc1ccc(C(=O)Nc2ccc(C(N)=S)cc2Br)cc1. The lowest BCUT2D eigenvalue weighted by Crippen LogP contribution is -2.13. The van der Waals surface area contributed by atoms with Gasteiger partial charge in [-0.2, -0.15) is 0 Å². The predicted octanol–water partition coefficient (Wildman–Crippen LogP) is 4.06. The van der Waals surface area contributed by atoms with E-state index in [-0.39, 0.29) is 5.91 Å². The number of benzene rings is 2. The minimum Gasteiger partial charge on any atom is -0.389 e. The summed E-state index contributed by atoms with van der Waals surface area (Å²) in [6.45, 7) is 0. The first-order chi connectivity index (χ1) is 10.0. The Balaban J connectivity index is 2.17.